The standard InChI is InChI=1S/C14H19N3O3/c15-12-5-4-11(17(18)19)8-10(12)9-16-6-7-20-14-3-1-2-13(14)16/h4-5,8,13-14H,1-3,6-7,9,15H2. The van der Waals surface area contributed by atoms with E-state index in [2.05, 4.69) is 4.90 Å². The van der Waals surface area contributed by atoms with Crippen LogP contribution in [0.5, 0.6) is 0 Å². The molecule has 0 amide bonds. The number of nitro benzene ring substituents is 1. The minimum Gasteiger partial charge on any atom is -0.398 e. The maximum atomic E-state index is 10.9. The Kier molecular flexibility index (Phi) is 3.58. The molecule has 3 rings (SSSR count). The molecule has 20 heavy (non-hydrogen) atoms. The van der Waals surface area contributed by atoms with Gasteiger partial charge in [-0.25, -0.2) is 0 Å². The normalized spacial score (nSPS) is 26.4. The topological polar surface area (TPSA) is 81.6 Å². The molecule has 0 aromatic heterocycles. The molecule has 1 heterocycles. The van der Waals surface area contributed by atoms with Crippen molar-refractivity contribution in [1.82, 2.24) is 4.90 Å². The molecule has 2 atom stereocenters. The van der Waals surface area contributed by atoms with Crippen LogP contribution in [0, 0.1) is 10.1 Å². The highest BCUT2D eigenvalue weighted by Crippen LogP contribution is 2.31. The van der Waals surface area contributed by atoms with Crippen molar-refractivity contribution < 1.29 is 9.66 Å². The van der Waals surface area contributed by atoms with Gasteiger partial charge in [0.25, 0.3) is 5.69 Å². The van der Waals surface area contributed by atoms with Crippen LogP contribution in [0.25, 0.3) is 0 Å². The van der Waals surface area contributed by atoms with E-state index in [0.717, 1.165) is 31.6 Å². The number of nitrogen functional groups attached to an aromatic ring is 1. The highest BCUT2D eigenvalue weighted by Gasteiger charge is 2.36. The number of nitro groups is 1. The van der Waals surface area contributed by atoms with Gasteiger partial charge in [-0.1, -0.05) is 0 Å². The molecular formula is C14H19N3O3. The van der Waals surface area contributed by atoms with Crippen LogP contribution in [0.4, 0.5) is 11.4 Å². The first-order valence-corrected chi connectivity index (χ1v) is 7.03. The second kappa shape index (κ2) is 5.38. The number of anilines is 1. The summed E-state index contributed by atoms with van der Waals surface area (Å²) < 4.78 is 5.78. The van der Waals surface area contributed by atoms with Gasteiger partial charge in [-0.2, -0.15) is 0 Å². The summed E-state index contributed by atoms with van der Waals surface area (Å²) in [4.78, 5) is 12.9. The van der Waals surface area contributed by atoms with Gasteiger partial charge < -0.3 is 10.5 Å². The molecular weight excluding hydrogens is 258 g/mol. The highest BCUT2D eigenvalue weighted by molar-refractivity contribution is 5.52. The van der Waals surface area contributed by atoms with Gasteiger partial charge in [0.05, 0.1) is 17.6 Å². The molecule has 0 radical (unpaired) electrons. The predicted octanol–water partition coefficient (Wildman–Crippen LogP) is 1.93. The van der Waals surface area contributed by atoms with Crippen LogP contribution in [-0.4, -0.2) is 35.1 Å². The van der Waals surface area contributed by atoms with Crippen molar-refractivity contribution in [3.63, 3.8) is 0 Å². The van der Waals surface area contributed by atoms with Crippen LogP contribution in [0.1, 0.15) is 24.8 Å². The molecule has 1 aromatic carbocycles. The fraction of sp³-hybridized carbons (Fsp3) is 0.571. The molecule has 108 valence electrons. The van der Waals surface area contributed by atoms with E-state index in [1.165, 1.54) is 12.5 Å². The third-order valence-electron chi connectivity index (χ3n) is 4.31. The van der Waals surface area contributed by atoms with E-state index >= 15 is 0 Å². The molecule has 1 aliphatic carbocycles. The summed E-state index contributed by atoms with van der Waals surface area (Å²) in [5.41, 5.74) is 7.53. The molecule has 2 aliphatic rings. The number of nitrogens with two attached hydrogens (primary N) is 1. The van der Waals surface area contributed by atoms with Crippen LogP contribution >= 0.6 is 0 Å². The van der Waals surface area contributed by atoms with Crippen molar-refractivity contribution in [3.05, 3.63) is 33.9 Å². The number of non-ortho nitro benzene ring substituents is 1. The number of hydrogen-bond acceptors (Lipinski definition) is 5. The third-order valence-corrected chi connectivity index (χ3v) is 4.31. The fourth-order valence-electron chi connectivity index (χ4n) is 3.26. The van der Waals surface area contributed by atoms with E-state index in [1.54, 1.807) is 12.1 Å². The second-order valence-corrected chi connectivity index (χ2v) is 5.52. The monoisotopic (exact) mass is 277 g/mol. The van der Waals surface area contributed by atoms with E-state index in [4.69, 9.17) is 10.5 Å². The lowest BCUT2D eigenvalue weighted by atomic mass is 10.1. The zero-order valence-electron chi connectivity index (χ0n) is 11.3. The average Bonchev–Trinajstić information content (AvgIpc) is 2.90. The Hall–Kier alpha value is -1.66. The van der Waals surface area contributed by atoms with Gasteiger partial charge in [0.15, 0.2) is 0 Å². The van der Waals surface area contributed by atoms with Crippen LogP contribution in [-0.2, 0) is 11.3 Å². The first-order chi connectivity index (χ1) is 9.65. The van der Waals surface area contributed by atoms with Crippen LogP contribution in [0.2, 0.25) is 0 Å². The van der Waals surface area contributed by atoms with Crippen LogP contribution < -0.4 is 5.73 Å². The summed E-state index contributed by atoms with van der Waals surface area (Å²) in [5, 5.41) is 10.9. The summed E-state index contributed by atoms with van der Waals surface area (Å²) in [7, 11) is 0. The summed E-state index contributed by atoms with van der Waals surface area (Å²) in [6, 6.07) is 5.10. The predicted molar refractivity (Wildman–Crippen MR) is 75.3 cm³/mol. The Labute approximate surface area is 117 Å². The molecule has 1 saturated heterocycles. The number of fused-ring (bicyclic) bond motifs is 1. The molecule has 6 heteroatoms. The Morgan fingerprint density at radius 3 is 3.10 bits per heavy atom. The lowest BCUT2D eigenvalue weighted by molar-refractivity contribution is -0.384. The average molecular weight is 277 g/mol. The molecule has 2 fully saturated rings. The van der Waals surface area contributed by atoms with E-state index in [0.29, 0.717) is 24.4 Å². The highest BCUT2D eigenvalue weighted by atomic mass is 16.6. The molecule has 0 spiro atoms. The van der Waals surface area contributed by atoms with Crippen molar-refractivity contribution in [2.75, 3.05) is 18.9 Å². The van der Waals surface area contributed by atoms with Crippen LogP contribution in [0.15, 0.2) is 18.2 Å². The van der Waals surface area contributed by atoms with Gasteiger partial charge in [0.2, 0.25) is 0 Å². The lowest BCUT2D eigenvalue weighted by Crippen LogP contribution is -2.47. The molecule has 2 N–H and O–H groups in total. The van der Waals surface area contributed by atoms with Crippen molar-refractivity contribution in [1.29, 1.82) is 0 Å². The minimum atomic E-state index is -0.374. The zero-order chi connectivity index (χ0) is 14.1. The zero-order valence-corrected chi connectivity index (χ0v) is 11.3. The Bertz CT molecular complexity index is 520. The first-order valence-electron chi connectivity index (χ1n) is 7.03. The van der Waals surface area contributed by atoms with Gasteiger partial charge in [0.1, 0.15) is 0 Å². The quantitative estimate of drug-likeness (QED) is 0.518. The fourth-order valence-corrected chi connectivity index (χ4v) is 3.26. The summed E-state index contributed by atoms with van der Waals surface area (Å²) >= 11 is 0. The summed E-state index contributed by atoms with van der Waals surface area (Å²) in [6.07, 6.45) is 3.77. The smallest absolute Gasteiger partial charge is 0.269 e. The van der Waals surface area contributed by atoms with Crippen LogP contribution in [0.3, 0.4) is 0 Å². The number of hydrogen-bond donors (Lipinski definition) is 1. The van der Waals surface area contributed by atoms with Gasteiger partial charge in [-0.15, -0.1) is 0 Å². The molecule has 6 nitrogen and oxygen atoms in total. The van der Waals surface area contributed by atoms with E-state index in [9.17, 15) is 10.1 Å². The molecule has 0 bridgehead atoms. The van der Waals surface area contributed by atoms with Crippen molar-refractivity contribution >= 4 is 11.4 Å². The van der Waals surface area contributed by atoms with Gasteiger partial charge in [-0.05, 0) is 30.9 Å². The lowest BCUT2D eigenvalue weighted by Gasteiger charge is -2.37. The van der Waals surface area contributed by atoms with Crippen molar-refractivity contribution in [2.24, 2.45) is 0 Å². The maximum Gasteiger partial charge on any atom is 0.269 e. The Balaban J connectivity index is 1.79. The van der Waals surface area contributed by atoms with E-state index < -0.39 is 0 Å². The van der Waals surface area contributed by atoms with E-state index in [-0.39, 0.29) is 10.6 Å². The number of benzene rings is 1. The Morgan fingerprint density at radius 1 is 1.45 bits per heavy atom. The van der Waals surface area contributed by atoms with Crippen molar-refractivity contribution in [2.45, 2.75) is 38.0 Å². The number of morpholine rings is 1. The third kappa shape index (κ3) is 2.48. The van der Waals surface area contributed by atoms with Gasteiger partial charge in [-0.3, -0.25) is 15.0 Å². The van der Waals surface area contributed by atoms with Gasteiger partial charge in [0, 0.05) is 37.0 Å². The molecule has 1 aromatic rings. The summed E-state index contributed by atoms with van der Waals surface area (Å²) in [5.74, 6) is 0. The molecule has 1 saturated carbocycles. The second-order valence-electron chi connectivity index (χ2n) is 5.52. The van der Waals surface area contributed by atoms with Crippen molar-refractivity contribution in [3.8, 4) is 0 Å². The SMILES string of the molecule is Nc1ccc([N+](=O)[O-])cc1CN1CCOC2CCCC21. The maximum absolute atomic E-state index is 10.9. The van der Waals surface area contributed by atoms with Gasteiger partial charge >= 0.3 is 0 Å². The first kappa shape index (κ1) is 13.3. The number of nitrogens with zero attached hydrogens (tertiary/aromatic N) is 2. The minimum absolute atomic E-state index is 0.102. The number of ether oxygens (including phenoxy) is 1. The largest absolute Gasteiger partial charge is 0.398 e. The number of rotatable bonds is 3. The molecule has 2 unspecified atom stereocenters. The Morgan fingerprint density at radius 2 is 2.30 bits per heavy atom. The molecule has 1 aliphatic heterocycles. The summed E-state index contributed by atoms with van der Waals surface area (Å²) in [6.45, 7) is 2.26. The van der Waals surface area contributed by atoms with E-state index in [1.807, 2.05) is 0 Å².